The van der Waals surface area contributed by atoms with E-state index < -0.39 is 32.5 Å². The van der Waals surface area contributed by atoms with Gasteiger partial charge in [0.05, 0.1) is 11.3 Å². The molecule has 0 atom stereocenters. The van der Waals surface area contributed by atoms with Crippen LogP contribution in [0.25, 0.3) is 0 Å². The first-order chi connectivity index (χ1) is 14.8. The third-order valence-electron chi connectivity index (χ3n) is 4.40. The van der Waals surface area contributed by atoms with Crippen LogP contribution in [-0.4, -0.2) is 27.5 Å². The highest BCUT2D eigenvalue weighted by atomic mass is 32.2. The number of anilines is 2. The zero-order valence-corrected chi connectivity index (χ0v) is 16.7. The fourth-order valence-electron chi connectivity index (χ4n) is 2.98. The summed E-state index contributed by atoms with van der Waals surface area (Å²) in [4.78, 5) is 12.1. The van der Waals surface area contributed by atoms with E-state index in [4.69, 9.17) is 9.47 Å². The molecular weight excluding hydrogens is 430 g/mol. The Kier molecular flexibility index (Phi) is 5.47. The first-order valence-electron chi connectivity index (χ1n) is 9.11. The standard InChI is InChI=1S/C21H16F2N2O5S/c22-13-5-8-20(16(23)11-13)31(27,28)25-17-4-2-1-3-15(17)21(26)24-14-6-7-18-19(12-14)30-10-9-29-18/h1-8,11-12,25H,9-10H2,(H,24,26). The van der Waals surface area contributed by atoms with Crippen LogP contribution in [0.15, 0.2) is 65.6 Å². The van der Waals surface area contributed by atoms with Gasteiger partial charge in [0.1, 0.15) is 29.7 Å². The van der Waals surface area contributed by atoms with Crippen LogP contribution in [0.5, 0.6) is 11.5 Å². The van der Waals surface area contributed by atoms with Crippen LogP contribution in [0.1, 0.15) is 10.4 Å². The molecular formula is C21H16F2N2O5S. The fraction of sp³-hybridized carbons (Fsp3) is 0.0952. The minimum absolute atomic E-state index is 0.00323. The Morgan fingerprint density at radius 2 is 1.65 bits per heavy atom. The van der Waals surface area contributed by atoms with E-state index >= 15 is 0 Å². The molecule has 1 amide bonds. The van der Waals surface area contributed by atoms with E-state index in [1.165, 1.54) is 18.2 Å². The third-order valence-corrected chi connectivity index (χ3v) is 5.80. The number of carbonyl (C=O) groups is 1. The molecule has 160 valence electrons. The molecule has 0 saturated heterocycles. The Hall–Kier alpha value is -3.66. The molecule has 1 aliphatic rings. The number of fused-ring (bicyclic) bond motifs is 1. The Labute approximate surface area is 176 Å². The summed E-state index contributed by atoms with van der Waals surface area (Å²) in [6.07, 6.45) is 0. The van der Waals surface area contributed by atoms with Crippen molar-refractivity contribution in [3.05, 3.63) is 77.9 Å². The van der Waals surface area contributed by atoms with Crippen molar-refractivity contribution in [2.75, 3.05) is 23.3 Å². The van der Waals surface area contributed by atoms with E-state index in [0.29, 0.717) is 36.5 Å². The fourth-order valence-corrected chi connectivity index (χ4v) is 4.12. The number of nitrogens with one attached hydrogen (secondary N) is 2. The summed E-state index contributed by atoms with van der Waals surface area (Å²) in [6, 6.07) is 12.8. The number of benzene rings is 3. The van der Waals surface area contributed by atoms with Crippen molar-refractivity contribution in [2.45, 2.75) is 4.90 Å². The van der Waals surface area contributed by atoms with Crippen LogP contribution in [0.3, 0.4) is 0 Å². The van der Waals surface area contributed by atoms with Gasteiger partial charge in [-0.2, -0.15) is 0 Å². The van der Waals surface area contributed by atoms with Gasteiger partial charge in [-0.05, 0) is 36.4 Å². The van der Waals surface area contributed by atoms with Gasteiger partial charge in [0.15, 0.2) is 11.5 Å². The third kappa shape index (κ3) is 4.43. The monoisotopic (exact) mass is 446 g/mol. The average molecular weight is 446 g/mol. The smallest absolute Gasteiger partial charge is 0.264 e. The van der Waals surface area contributed by atoms with Crippen LogP contribution < -0.4 is 19.5 Å². The number of hydrogen-bond donors (Lipinski definition) is 2. The molecule has 4 rings (SSSR count). The van der Waals surface area contributed by atoms with Crippen molar-refractivity contribution in [1.82, 2.24) is 0 Å². The molecule has 1 aliphatic heterocycles. The Morgan fingerprint density at radius 1 is 0.903 bits per heavy atom. The second-order valence-electron chi connectivity index (χ2n) is 6.54. The number of para-hydroxylation sites is 1. The van der Waals surface area contributed by atoms with E-state index in [1.54, 1.807) is 24.3 Å². The van der Waals surface area contributed by atoms with E-state index in [-0.39, 0.29) is 11.3 Å². The summed E-state index contributed by atoms with van der Waals surface area (Å²) in [5.74, 6) is -1.72. The van der Waals surface area contributed by atoms with Crippen molar-refractivity contribution < 1.29 is 31.5 Å². The van der Waals surface area contributed by atoms with E-state index in [1.807, 2.05) is 0 Å². The number of halogens is 2. The topological polar surface area (TPSA) is 93.7 Å². The first kappa shape index (κ1) is 20.6. The molecule has 1 heterocycles. The summed E-state index contributed by atoms with van der Waals surface area (Å²) in [7, 11) is -4.41. The molecule has 2 N–H and O–H groups in total. The van der Waals surface area contributed by atoms with Crippen LogP contribution in [-0.2, 0) is 10.0 Å². The van der Waals surface area contributed by atoms with Crippen molar-refractivity contribution >= 4 is 27.3 Å². The number of sulfonamides is 1. The molecule has 0 saturated carbocycles. The van der Waals surface area contributed by atoms with Crippen LogP contribution in [0.4, 0.5) is 20.2 Å². The number of ether oxygens (including phenoxy) is 2. The highest BCUT2D eigenvalue weighted by Crippen LogP contribution is 2.33. The number of rotatable bonds is 5. The minimum Gasteiger partial charge on any atom is -0.486 e. The highest BCUT2D eigenvalue weighted by Gasteiger charge is 2.22. The lowest BCUT2D eigenvalue weighted by molar-refractivity contribution is 0.102. The molecule has 0 bridgehead atoms. The summed E-state index contributed by atoms with van der Waals surface area (Å²) < 4.78 is 65.4. The Morgan fingerprint density at radius 3 is 2.42 bits per heavy atom. The molecule has 0 aliphatic carbocycles. The largest absolute Gasteiger partial charge is 0.486 e. The lowest BCUT2D eigenvalue weighted by Gasteiger charge is -2.19. The predicted octanol–water partition coefficient (Wildman–Crippen LogP) is 3.79. The summed E-state index contributed by atoms with van der Waals surface area (Å²) in [5.41, 5.74) is 0.348. The van der Waals surface area contributed by atoms with Gasteiger partial charge in [-0.15, -0.1) is 0 Å². The van der Waals surface area contributed by atoms with Gasteiger partial charge in [0, 0.05) is 17.8 Å². The second-order valence-corrected chi connectivity index (χ2v) is 8.19. The van der Waals surface area contributed by atoms with Crippen LogP contribution >= 0.6 is 0 Å². The summed E-state index contributed by atoms with van der Waals surface area (Å²) in [6.45, 7) is 0.815. The SMILES string of the molecule is O=C(Nc1ccc2c(c1)OCCO2)c1ccccc1NS(=O)(=O)c1ccc(F)cc1F. The molecule has 0 spiro atoms. The normalized spacial score (nSPS) is 12.8. The van der Waals surface area contributed by atoms with Crippen LogP contribution in [0.2, 0.25) is 0 Å². The molecule has 7 nitrogen and oxygen atoms in total. The summed E-state index contributed by atoms with van der Waals surface area (Å²) in [5, 5.41) is 2.66. The second kappa shape index (κ2) is 8.23. The van der Waals surface area contributed by atoms with E-state index in [0.717, 1.165) is 12.1 Å². The molecule has 3 aromatic rings. The maximum Gasteiger partial charge on any atom is 0.264 e. The van der Waals surface area contributed by atoms with Gasteiger partial charge >= 0.3 is 0 Å². The molecule has 0 fully saturated rings. The Balaban J connectivity index is 1.59. The zero-order chi connectivity index (χ0) is 22.0. The van der Waals surface area contributed by atoms with Gasteiger partial charge in [-0.1, -0.05) is 12.1 Å². The molecule has 31 heavy (non-hydrogen) atoms. The van der Waals surface area contributed by atoms with Crippen molar-refractivity contribution in [3.8, 4) is 11.5 Å². The molecule has 0 aromatic heterocycles. The predicted molar refractivity (Wildman–Crippen MR) is 109 cm³/mol. The zero-order valence-electron chi connectivity index (χ0n) is 15.9. The molecule has 0 unspecified atom stereocenters. The first-order valence-corrected chi connectivity index (χ1v) is 10.6. The quantitative estimate of drug-likeness (QED) is 0.622. The maximum atomic E-state index is 14.0. The number of carbonyl (C=O) groups excluding carboxylic acids is 1. The van der Waals surface area contributed by atoms with Crippen molar-refractivity contribution in [1.29, 1.82) is 0 Å². The number of hydrogen-bond acceptors (Lipinski definition) is 5. The molecule has 10 heteroatoms. The van der Waals surface area contributed by atoms with E-state index in [2.05, 4.69) is 10.0 Å². The van der Waals surface area contributed by atoms with Crippen molar-refractivity contribution in [2.24, 2.45) is 0 Å². The maximum absolute atomic E-state index is 14.0. The lowest BCUT2D eigenvalue weighted by Crippen LogP contribution is -2.20. The van der Waals surface area contributed by atoms with Gasteiger partial charge in [0.25, 0.3) is 15.9 Å². The van der Waals surface area contributed by atoms with Crippen molar-refractivity contribution in [3.63, 3.8) is 0 Å². The Bertz CT molecular complexity index is 1260. The van der Waals surface area contributed by atoms with Gasteiger partial charge < -0.3 is 14.8 Å². The molecule has 3 aromatic carbocycles. The van der Waals surface area contributed by atoms with Crippen LogP contribution in [0, 0.1) is 11.6 Å². The van der Waals surface area contributed by atoms with E-state index in [9.17, 15) is 22.0 Å². The minimum atomic E-state index is -4.41. The average Bonchev–Trinajstić information content (AvgIpc) is 2.73. The number of amides is 1. The van der Waals surface area contributed by atoms with Gasteiger partial charge in [0.2, 0.25) is 0 Å². The van der Waals surface area contributed by atoms with Gasteiger partial charge in [-0.25, -0.2) is 17.2 Å². The summed E-state index contributed by atoms with van der Waals surface area (Å²) >= 11 is 0. The van der Waals surface area contributed by atoms with Gasteiger partial charge in [-0.3, -0.25) is 9.52 Å². The molecule has 0 radical (unpaired) electrons. The lowest BCUT2D eigenvalue weighted by atomic mass is 10.1. The highest BCUT2D eigenvalue weighted by molar-refractivity contribution is 7.92.